The van der Waals surface area contributed by atoms with E-state index in [1.54, 1.807) is 6.29 Å². The fraction of sp³-hybridized carbons (Fsp3) is 0.837. The topological polar surface area (TPSA) is 291 Å². The van der Waals surface area contributed by atoms with E-state index in [9.17, 15) is 43.5 Å². The lowest BCUT2D eigenvalue weighted by Crippen LogP contribution is -2.46. The molecule has 1 unspecified atom stereocenters. The average molecular weight is 1020 g/mol. The molecule has 0 aliphatic carbocycles. The number of nitrogens with one attached hydrogen (secondary N) is 5. The zero-order valence-corrected chi connectivity index (χ0v) is 42.2. The third kappa shape index (κ3) is 42.1. The Balaban J connectivity index is 2.15. The summed E-state index contributed by atoms with van der Waals surface area (Å²) in [5, 5.41) is 23.1. The minimum Gasteiger partial charge on any atom is -0.480 e. The maximum absolute atomic E-state index is 13.4. The fourth-order valence-corrected chi connectivity index (χ4v) is 7.14. The Bertz CT molecular complexity index is 1430. The van der Waals surface area contributed by atoms with E-state index in [4.69, 9.17) is 37.9 Å². The summed E-state index contributed by atoms with van der Waals surface area (Å²) >= 11 is 0. The van der Waals surface area contributed by atoms with Crippen LogP contribution in [0.1, 0.15) is 122 Å². The van der Waals surface area contributed by atoms with Crippen LogP contribution in [0, 0.1) is 5.92 Å². The first kappa shape index (κ1) is 64.9. The molecule has 0 bridgehead atoms. The molecular weight excluding hydrogens is 931 g/mol. The Morgan fingerprint density at radius 1 is 0.465 bits per heavy atom. The standard InChI is InChI=1S/C49H86N5O17/c55-23-28-68-30-29-64-24-19-50-45(58)38-69-34-31-65-25-20-51-46(59)39-70-35-32-66-26-21-52-47(60)40-71-36-33-67-27-22-53-48(61)41-37-42(49(62)63)54-44(57)18-16-14-12-10-8-6-4-2-1-3-5-7-9-11-13-15-17-43(41)56/h41-42H,1-22,24-40H2,(H,50,58)(H,51,59)(H,52,60)(H,53,61)(H,54,57)(H,62,63)/t41?,42-/m0/s1. The minimum atomic E-state index is -1.38. The molecule has 6 N–H and O–H groups in total. The molecule has 71 heavy (non-hydrogen) atoms. The van der Waals surface area contributed by atoms with Gasteiger partial charge in [-0.3, -0.25) is 33.6 Å². The van der Waals surface area contributed by atoms with Crippen LogP contribution >= 0.6 is 0 Å². The molecule has 22 nitrogen and oxygen atoms in total. The lowest BCUT2D eigenvalue weighted by atomic mass is 9.91. The molecule has 1 radical (unpaired) electrons. The first-order valence-electron chi connectivity index (χ1n) is 25.7. The maximum atomic E-state index is 13.4. The third-order valence-electron chi connectivity index (χ3n) is 11.0. The number of ether oxygens (including phenoxy) is 8. The van der Waals surface area contributed by atoms with Crippen LogP contribution in [-0.2, 0) is 76.3 Å². The molecule has 0 aromatic carbocycles. The first-order valence-corrected chi connectivity index (χ1v) is 25.7. The van der Waals surface area contributed by atoms with Gasteiger partial charge in [0.1, 0.15) is 38.3 Å². The van der Waals surface area contributed by atoms with Crippen molar-refractivity contribution in [2.24, 2.45) is 5.92 Å². The lowest BCUT2D eigenvalue weighted by molar-refractivity contribution is -0.143. The molecule has 1 fully saturated rings. The molecule has 2 atom stereocenters. The van der Waals surface area contributed by atoms with Crippen molar-refractivity contribution >= 4 is 47.6 Å². The third-order valence-corrected chi connectivity index (χ3v) is 11.0. The predicted molar refractivity (Wildman–Crippen MR) is 260 cm³/mol. The van der Waals surface area contributed by atoms with Crippen LogP contribution in [-0.4, -0.2) is 191 Å². The second-order valence-electron chi connectivity index (χ2n) is 17.0. The van der Waals surface area contributed by atoms with Gasteiger partial charge in [0.25, 0.3) is 0 Å². The number of hydrogen-bond donors (Lipinski definition) is 6. The quantitative estimate of drug-likeness (QED) is 0.0396. The number of carboxylic acids is 1. The van der Waals surface area contributed by atoms with Crippen LogP contribution in [0.2, 0.25) is 0 Å². The second kappa shape index (κ2) is 48.1. The molecule has 0 aromatic rings. The van der Waals surface area contributed by atoms with Crippen LogP contribution in [0.4, 0.5) is 0 Å². The number of carbonyl (C=O) groups excluding carboxylic acids is 7. The van der Waals surface area contributed by atoms with Gasteiger partial charge in [-0.15, -0.1) is 0 Å². The van der Waals surface area contributed by atoms with E-state index < -0.39 is 29.7 Å². The van der Waals surface area contributed by atoms with Crippen molar-refractivity contribution < 1.29 is 81.4 Å². The van der Waals surface area contributed by atoms with Gasteiger partial charge in [-0.2, -0.15) is 0 Å². The van der Waals surface area contributed by atoms with Crippen molar-refractivity contribution in [1.82, 2.24) is 26.6 Å². The summed E-state index contributed by atoms with van der Waals surface area (Å²) in [4.78, 5) is 97.2. The van der Waals surface area contributed by atoms with E-state index in [2.05, 4.69) is 26.6 Å². The van der Waals surface area contributed by atoms with Gasteiger partial charge in [0.15, 0.2) is 0 Å². The van der Waals surface area contributed by atoms with E-state index in [1.165, 1.54) is 51.4 Å². The molecule has 5 amide bonds. The molecule has 1 saturated heterocycles. The molecule has 1 aliphatic rings. The van der Waals surface area contributed by atoms with Gasteiger partial charge < -0.3 is 69.6 Å². The highest BCUT2D eigenvalue weighted by molar-refractivity contribution is 6.02. The van der Waals surface area contributed by atoms with E-state index >= 15 is 0 Å². The summed E-state index contributed by atoms with van der Waals surface area (Å²) in [5.41, 5.74) is 0. The smallest absolute Gasteiger partial charge is 0.326 e. The highest BCUT2D eigenvalue weighted by Crippen LogP contribution is 2.18. The Morgan fingerprint density at radius 2 is 0.803 bits per heavy atom. The van der Waals surface area contributed by atoms with Crippen LogP contribution in [0.3, 0.4) is 0 Å². The van der Waals surface area contributed by atoms with E-state index in [0.717, 1.165) is 38.5 Å². The molecule has 1 rings (SSSR count). The number of carbonyl (C=O) groups is 7. The summed E-state index contributed by atoms with van der Waals surface area (Å²) in [7, 11) is 0. The second-order valence-corrected chi connectivity index (χ2v) is 17.0. The highest BCUT2D eigenvalue weighted by atomic mass is 16.5. The molecule has 409 valence electrons. The number of amides is 5. The van der Waals surface area contributed by atoms with Gasteiger partial charge in [-0.1, -0.05) is 89.9 Å². The number of hydrogen-bond acceptors (Lipinski definition) is 16. The van der Waals surface area contributed by atoms with Gasteiger partial charge in [0.2, 0.25) is 35.8 Å². The SMILES string of the molecule is O=[C]COCCOCCNC(=O)COCCOCCNC(=O)COCCOCCNC(=O)COCCOCCNC(=O)C1C[C@@H](C(=O)O)NC(=O)CCCCCCCCCCCCCCCCCCC1=O. The largest absolute Gasteiger partial charge is 0.480 e. The van der Waals surface area contributed by atoms with Gasteiger partial charge in [0, 0.05) is 39.0 Å². The van der Waals surface area contributed by atoms with Crippen molar-refractivity contribution in [3.05, 3.63) is 0 Å². The Labute approximate surface area is 420 Å². The summed E-state index contributed by atoms with van der Waals surface area (Å²) in [6, 6.07) is -1.38. The van der Waals surface area contributed by atoms with E-state index in [0.29, 0.717) is 32.6 Å². The van der Waals surface area contributed by atoms with Gasteiger partial charge in [-0.05, 0) is 19.3 Å². The number of rotatable bonds is 34. The minimum absolute atomic E-state index is 0.0624. The Morgan fingerprint density at radius 3 is 1.18 bits per heavy atom. The van der Waals surface area contributed by atoms with Crippen LogP contribution in [0.15, 0.2) is 0 Å². The molecule has 1 aliphatic heterocycles. The van der Waals surface area contributed by atoms with Crippen LogP contribution in [0.25, 0.3) is 0 Å². The summed E-state index contributed by atoms with van der Waals surface area (Å²) < 4.78 is 42.3. The molecule has 1 heterocycles. The number of Topliss-reactive ketones (excluding diaryl/α,β-unsaturated/α-hetero) is 1. The van der Waals surface area contributed by atoms with Crippen LogP contribution in [0.5, 0.6) is 0 Å². The zero-order valence-electron chi connectivity index (χ0n) is 42.2. The van der Waals surface area contributed by atoms with E-state index in [1.807, 2.05) is 0 Å². The van der Waals surface area contributed by atoms with Gasteiger partial charge in [-0.25, -0.2) is 4.79 Å². The van der Waals surface area contributed by atoms with Gasteiger partial charge >= 0.3 is 5.97 Å². The summed E-state index contributed by atoms with van der Waals surface area (Å²) in [6.45, 7) is 2.76. The number of aliphatic carboxylic acids is 1. The van der Waals surface area contributed by atoms with Crippen LogP contribution < -0.4 is 26.6 Å². The number of carboxylic acid groups (broad SMARTS) is 1. The molecule has 0 aromatic heterocycles. The average Bonchev–Trinajstić information content (AvgIpc) is 3.35. The molecular formula is C49H86N5O17. The summed E-state index contributed by atoms with van der Waals surface area (Å²) in [5.74, 6) is -4.86. The number of ketones is 1. The normalized spacial score (nSPS) is 17.5. The lowest BCUT2D eigenvalue weighted by Gasteiger charge is -2.21. The summed E-state index contributed by atoms with van der Waals surface area (Å²) in [6.07, 6.45) is 18.7. The van der Waals surface area contributed by atoms with Gasteiger partial charge in [0.05, 0.1) is 85.2 Å². The Kier molecular flexibility index (Phi) is 44.0. The highest BCUT2D eigenvalue weighted by Gasteiger charge is 2.33. The maximum Gasteiger partial charge on any atom is 0.326 e. The first-order chi connectivity index (χ1) is 34.6. The zero-order chi connectivity index (χ0) is 51.7. The van der Waals surface area contributed by atoms with Crippen molar-refractivity contribution in [3.63, 3.8) is 0 Å². The van der Waals surface area contributed by atoms with E-state index in [-0.39, 0.29) is 155 Å². The molecule has 0 saturated carbocycles. The van der Waals surface area contributed by atoms with Crippen molar-refractivity contribution in [2.75, 3.05) is 132 Å². The molecule has 22 heteroatoms. The van der Waals surface area contributed by atoms with Crippen molar-refractivity contribution in [2.45, 2.75) is 128 Å². The van der Waals surface area contributed by atoms with Crippen molar-refractivity contribution in [3.8, 4) is 0 Å². The predicted octanol–water partition coefficient (Wildman–Crippen LogP) is 1.87. The monoisotopic (exact) mass is 1020 g/mol. The van der Waals surface area contributed by atoms with Crippen molar-refractivity contribution in [1.29, 1.82) is 0 Å². The Hall–Kier alpha value is -4.16. The fourth-order valence-electron chi connectivity index (χ4n) is 7.14. The molecule has 0 spiro atoms.